The first-order chi connectivity index (χ1) is 14.2. The highest BCUT2D eigenvalue weighted by Gasteiger charge is 2.12. The van der Waals surface area contributed by atoms with E-state index < -0.39 is 0 Å². The molecule has 1 amide bonds. The summed E-state index contributed by atoms with van der Waals surface area (Å²) in [7, 11) is 0. The van der Waals surface area contributed by atoms with Gasteiger partial charge in [0.1, 0.15) is 0 Å². The average molecular weight is 426 g/mol. The van der Waals surface area contributed by atoms with Crippen molar-refractivity contribution in [3.8, 4) is 0 Å². The third-order valence-electron chi connectivity index (χ3n) is 4.60. The number of hydrogen-bond acceptors (Lipinski definition) is 7. The molecule has 1 saturated heterocycles. The van der Waals surface area contributed by atoms with E-state index in [1.807, 2.05) is 42.5 Å². The third kappa shape index (κ3) is 6.03. The van der Waals surface area contributed by atoms with Crippen molar-refractivity contribution in [2.24, 2.45) is 0 Å². The summed E-state index contributed by atoms with van der Waals surface area (Å²) in [5, 5.41) is 15.1. The number of amides is 1. The summed E-state index contributed by atoms with van der Waals surface area (Å²) < 4.78 is 0.763. The molecule has 1 aromatic heterocycles. The Balaban J connectivity index is 1.22. The van der Waals surface area contributed by atoms with Gasteiger partial charge in [-0.1, -0.05) is 53.4 Å². The molecule has 0 unspecified atom stereocenters. The second-order valence-corrected chi connectivity index (χ2v) is 9.08. The Morgan fingerprint density at radius 2 is 1.76 bits per heavy atom. The lowest BCUT2D eigenvalue weighted by atomic mass is 10.2. The van der Waals surface area contributed by atoms with Gasteiger partial charge in [-0.2, -0.15) is 0 Å². The van der Waals surface area contributed by atoms with Gasteiger partial charge in [0, 0.05) is 17.9 Å². The van der Waals surface area contributed by atoms with Crippen LogP contribution in [0.2, 0.25) is 0 Å². The zero-order chi connectivity index (χ0) is 19.9. The molecule has 3 aromatic rings. The van der Waals surface area contributed by atoms with Crippen molar-refractivity contribution < 1.29 is 4.79 Å². The number of nitrogens with zero attached hydrogens (tertiary/aromatic N) is 3. The Bertz CT molecular complexity index is 924. The van der Waals surface area contributed by atoms with Crippen LogP contribution in [0.25, 0.3) is 0 Å². The fraction of sp³-hybridized carbons (Fsp3) is 0.286. The smallest absolute Gasteiger partial charge is 0.234 e. The summed E-state index contributed by atoms with van der Waals surface area (Å²) in [6.07, 6.45) is 2.59. The predicted octanol–water partition coefficient (Wildman–Crippen LogP) is 4.61. The quantitative estimate of drug-likeness (QED) is 0.514. The van der Waals surface area contributed by atoms with Crippen LogP contribution in [0, 0.1) is 0 Å². The Labute approximate surface area is 178 Å². The molecule has 1 aliphatic heterocycles. The van der Waals surface area contributed by atoms with Crippen molar-refractivity contribution in [1.82, 2.24) is 15.1 Å². The second kappa shape index (κ2) is 9.87. The number of nitrogens with one attached hydrogen (secondary N) is 2. The number of anilines is 3. The maximum absolute atomic E-state index is 12.2. The topological polar surface area (TPSA) is 70.1 Å². The first-order valence-corrected chi connectivity index (χ1v) is 11.4. The number of para-hydroxylation sites is 1. The molecule has 1 fully saturated rings. The molecule has 0 atom stereocenters. The van der Waals surface area contributed by atoms with Crippen LogP contribution in [-0.4, -0.2) is 39.8 Å². The Kier molecular flexibility index (Phi) is 6.76. The van der Waals surface area contributed by atoms with Crippen LogP contribution in [0.1, 0.15) is 18.4 Å². The minimum Gasteiger partial charge on any atom is -0.330 e. The number of aromatic nitrogens is 2. The number of thioether (sulfide) groups is 1. The van der Waals surface area contributed by atoms with Crippen LogP contribution in [-0.2, 0) is 11.3 Å². The highest BCUT2D eigenvalue weighted by Crippen LogP contribution is 2.27. The summed E-state index contributed by atoms with van der Waals surface area (Å²) in [5.74, 6) is 0.255. The van der Waals surface area contributed by atoms with Crippen molar-refractivity contribution in [1.29, 1.82) is 0 Å². The van der Waals surface area contributed by atoms with Gasteiger partial charge >= 0.3 is 0 Å². The zero-order valence-electron chi connectivity index (χ0n) is 16.0. The van der Waals surface area contributed by atoms with E-state index in [4.69, 9.17) is 0 Å². The summed E-state index contributed by atoms with van der Waals surface area (Å²) in [4.78, 5) is 14.7. The predicted molar refractivity (Wildman–Crippen MR) is 120 cm³/mol. The number of hydrogen-bond donors (Lipinski definition) is 2. The molecular weight excluding hydrogens is 402 g/mol. The third-order valence-corrected chi connectivity index (χ3v) is 6.57. The highest BCUT2D eigenvalue weighted by molar-refractivity contribution is 8.01. The fourth-order valence-electron chi connectivity index (χ4n) is 3.18. The SMILES string of the molecule is O=C(CSc1nnc(Nc2ccccc2)s1)Nc1ccc(CN2CCCC2)cc1. The van der Waals surface area contributed by atoms with Crippen LogP contribution < -0.4 is 10.6 Å². The Morgan fingerprint density at radius 1 is 1.00 bits per heavy atom. The van der Waals surface area contributed by atoms with Gasteiger partial charge in [-0.05, 0) is 55.8 Å². The molecule has 29 heavy (non-hydrogen) atoms. The first kappa shape index (κ1) is 19.9. The molecule has 0 aliphatic carbocycles. The van der Waals surface area contributed by atoms with Gasteiger partial charge < -0.3 is 10.6 Å². The maximum atomic E-state index is 12.2. The molecule has 0 radical (unpaired) electrons. The highest BCUT2D eigenvalue weighted by atomic mass is 32.2. The monoisotopic (exact) mass is 425 g/mol. The zero-order valence-corrected chi connectivity index (χ0v) is 17.6. The maximum Gasteiger partial charge on any atom is 0.234 e. The number of likely N-dealkylation sites (tertiary alicyclic amines) is 1. The van der Waals surface area contributed by atoms with E-state index >= 15 is 0 Å². The van der Waals surface area contributed by atoms with Crippen LogP contribution in [0.5, 0.6) is 0 Å². The molecule has 0 bridgehead atoms. The van der Waals surface area contributed by atoms with E-state index in [0.29, 0.717) is 10.9 Å². The van der Waals surface area contributed by atoms with E-state index in [-0.39, 0.29) is 5.91 Å². The molecule has 2 heterocycles. The first-order valence-electron chi connectivity index (χ1n) is 9.64. The lowest BCUT2D eigenvalue weighted by molar-refractivity contribution is -0.113. The van der Waals surface area contributed by atoms with Gasteiger partial charge in [-0.25, -0.2) is 0 Å². The molecule has 150 valence electrons. The largest absolute Gasteiger partial charge is 0.330 e. The van der Waals surface area contributed by atoms with E-state index in [0.717, 1.165) is 22.3 Å². The van der Waals surface area contributed by atoms with Gasteiger partial charge in [0.2, 0.25) is 11.0 Å². The number of carbonyl (C=O) groups excluding carboxylic acids is 1. The molecule has 6 nitrogen and oxygen atoms in total. The lowest BCUT2D eigenvalue weighted by Gasteiger charge is -2.14. The fourth-order valence-corrected chi connectivity index (χ4v) is 4.75. The Morgan fingerprint density at radius 3 is 2.52 bits per heavy atom. The average Bonchev–Trinajstić information content (AvgIpc) is 3.41. The minimum absolute atomic E-state index is 0.0462. The van der Waals surface area contributed by atoms with E-state index in [1.54, 1.807) is 0 Å². The van der Waals surface area contributed by atoms with Crippen LogP contribution in [0.15, 0.2) is 58.9 Å². The van der Waals surface area contributed by atoms with Gasteiger partial charge in [0.15, 0.2) is 4.34 Å². The van der Waals surface area contributed by atoms with Crippen LogP contribution >= 0.6 is 23.1 Å². The number of rotatable bonds is 8. The summed E-state index contributed by atoms with van der Waals surface area (Å²) in [5.41, 5.74) is 3.07. The molecular formula is C21H23N5OS2. The Hall–Kier alpha value is -2.42. The summed E-state index contributed by atoms with van der Waals surface area (Å²) >= 11 is 2.83. The van der Waals surface area contributed by atoms with Gasteiger partial charge in [-0.15, -0.1) is 10.2 Å². The van der Waals surface area contributed by atoms with E-state index in [2.05, 4.69) is 37.9 Å². The van der Waals surface area contributed by atoms with Crippen molar-refractivity contribution in [2.75, 3.05) is 29.5 Å². The molecule has 2 N–H and O–H groups in total. The second-order valence-electron chi connectivity index (χ2n) is 6.88. The van der Waals surface area contributed by atoms with Gasteiger partial charge in [-0.3, -0.25) is 9.69 Å². The van der Waals surface area contributed by atoms with Crippen LogP contribution in [0.4, 0.5) is 16.5 Å². The van der Waals surface area contributed by atoms with Crippen molar-refractivity contribution >= 4 is 45.5 Å². The van der Waals surface area contributed by atoms with E-state index in [9.17, 15) is 4.79 Å². The molecule has 4 rings (SSSR count). The molecule has 0 saturated carbocycles. The van der Waals surface area contributed by atoms with Crippen molar-refractivity contribution in [3.63, 3.8) is 0 Å². The number of benzene rings is 2. The molecule has 0 spiro atoms. The summed E-state index contributed by atoms with van der Waals surface area (Å²) in [6, 6.07) is 18.0. The molecule has 1 aliphatic rings. The van der Waals surface area contributed by atoms with Gasteiger partial charge in [0.05, 0.1) is 5.75 Å². The van der Waals surface area contributed by atoms with Crippen LogP contribution in [0.3, 0.4) is 0 Å². The normalized spacial score (nSPS) is 14.1. The van der Waals surface area contributed by atoms with Crippen molar-refractivity contribution in [2.45, 2.75) is 23.7 Å². The lowest BCUT2D eigenvalue weighted by Crippen LogP contribution is -2.18. The molecule has 2 aromatic carbocycles. The molecule has 8 heteroatoms. The minimum atomic E-state index is -0.0462. The van der Waals surface area contributed by atoms with E-state index in [1.165, 1.54) is 54.6 Å². The van der Waals surface area contributed by atoms with Gasteiger partial charge in [0.25, 0.3) is 0 Å². The summed E-state index contributed by atoms with van der Waals surface area (Å²) in [6.45, 7) is 3.36. The number of carbonyl (C=O) groups is 1. The standard InChI is InChI=1S/C21H23N5OS2/c27-19(22-18-10-8-16(9-11-18)14-26-12-4-5-13-26)15-28-21-25-24-20(29-21)23-17-6-2-1-3-7-17/h1-3,6-11H,4-5,12-15H2,(H,22,27)(H,23,24). The van der Waals surface area contributed by atoms with Crippen molar-refractivity contribution in [3.05, 3.63) is 60.2 Å².